The van der Waals surface area contributed by atoms with Crippen molar-refractivity contribution in [2.75, 3.05) is 47.7 Å². The number of rotatable bonds is 11. The second-order valence-corrected chi connectivity index (χ2v) is 4.29. The van der Waals surface area contributed by atoms with E-state index in [0.29, 0.717) is 19.8 Å². The second-order valence-electron chi connectivity index (χ2n) is 4.29. The summed E-state index contributed by atoms with van der Waals surface area (Å²) in [4.78, 5) is 0. The van der Waals surface area contributed by atoms with Crippen LogP contribution in [0.5, 0.6) is 11.5 Å². The van der Waals surface area contributed by atoms with Gasteiger partial charge in [0.25, 0.3) is 0 Å². The maximum Gasteiger partial charge on any atom is 0.165 e. The quantitative estimate of drug-likeness (QED) is 0.628. The van der Waals surface area contributed by atoms with Crippen LogP contribution in [0.25, 0.3) is 0 Å². The van der Waals surface area contributed by atoms with Gasteiger partial charge in [-0.3, -0.25) is 0 Å². The molecule has 0 radical (unpaired) electrons. The third-order valence-electron chi connectivity index (χ3n) is 2.76. The summed E-state index contributed by atoms with van der Waals surface area (Å²) >= 11 is 0. The molecule has 20 heavy (non-hydrogen) atoms. The van der Waals surface area contributed by atoms with E-state index >= 15 is 0 Å². The molecule has 0 bridgehead atoms. The van der Waals surface area contributed by atoms with Gasteiger partial charge >= 0.3 is 0 Å². The summed E-state index contributed by atoms with van der Waals surface area (Å²) in [5.41, 5.74) is 1.08. The van der Waals surface area contributed by atoms with Crippen molar-refractivity contribution in [3.05, 3.63) is 23.8 Å². The molecule has 0 spiro atoms. The Bertz CT molecular complexity index is 371. The molecule has 0 heterocycles. The van der Waals surface area contributed by atoms with Crippen LogP contribution in [0.1, 0.15) is 12.0 Å². The second kappa shape index (κ2) is 10.5. The zero-order chi connectivity index (χ0) is 14.6. The van der Waals surface area contributed by atoms with E-state index in [1.165, 1.54) is 0 Å². The Morgan fingerprint density at radius 3 is 2.60 bits per heavy atom. The van der Waals surface area contributed by atoms with Gasteiger partial charge in [-0.25, -0.2) is 0 Å². The molecule has 1 rings (SSSR count). The van der Waals surface area contributed by atoms with E-state index in [0.717, 1.165) is 36.6 Å². The Morgan fingerprint density at radius 2 is 1.90 bits per heavy atom. The zero-order valence-corrected chi connectivity index (χ0v) is 12.6. The van der Waals surface area contributed by atoms with Crippen molar-refractivity contribution in [3.8, 4) is 11.5 Å². The van der Waals surface area contributed by atoms with Crippen molar-refractivity contribution in [2.45, 2.75) is 13.0 Å². The average molecular weight is 283 g/mol. The largest absolute Gasteiger partial charge is 0.493 e. The van der Waals surface area contributed by atoms with Crippen LogP contribution in [0.15, 0.2) is 18.2 Å². The predicted molar refractivity (Wildman–Crippen MR) is 78.6 cm³/mol. The average Bonchev–Trinajstić information content (AvgIpc) is 2.47. The third-order valence-corrected chi connectivity index (χ3v) is 2.76. The van der Waals surface area contributed by atoms with E-state index in [1.54, 1.807) is 14.2 Å². The molecule has 1 aromatic carbocycles. The Hall–Kier alpha value is -1.30. The highest BCUT2D eigenvalue weighted by atomic mass is 16.5. The number of ether oxygens (including phenoxy) is 4. The van der Waals surface area contributed by atoms with Crippen LogP contribution in [0, 0.1) is 0 Å². The molecular weight excluding hydrogens is 258 g/mol. The molecule has 5 heteroatoms. The van der Waals surface area contributed by atoms with Crippen LogP contribution < -0.4 is 14.8 Å². The minimum Gasteiger partial charge on any atom is -0.493 e. The van der Waals surface area contributed by atoms with Crippen molar-refractivity contribution in [2.24, 2.45) is 0 Å². The molecular formula is C15H25NO4. The smallest absolute Gasteiger partial charge is 0.165 e. The number of hydrogen-bond donors (Lipinski definition) is 1. The summed E-state index contributed by atoms with van der Waals surface area (Å²) in [6.45, 7) is 3.21. The maximum absolute atomic E-state index is 5.80. The highest BCUT2D eigenvalue weighted by Gasteiger charge is 2.09. The van der Waals surface area contributed by atoms with Gasteiger partial charge in [0.05, 0.1) is 13.7 Å². The zero-order valence-electron chi connectivity index (χ0n) is 12.6. The lowest BCUT2D eigenvalue weighted by molar-refractivity contribution is 0.0797. The van der Waals surface area contributed by atoms with Gasteiger partial charge < -0.3 is 24.3 Å². The van der Waals surface area contributed by atoms with E-state index in [2.05, 4.69) is 5.32 Å². The molecule has 0 saturated heterocycles. The van der Waals surface area contributed by atoms with E-state index < -0.39 is 0 Å². The van der Waals surface area contributed by atoms with E-state index in [4.69, 9.17) is 18.9 Å². The Labute approximate surface area is 121 Å². The molecule has 0 aliphatic carbocycles. The number of nitrogens with one attached hydrogen (secondary N) is 1. The van der Waals surface area contributed by atoms with Gasteiger partial charge in [-0.1, -0.05) is 12.1 Å². The van der Waals surface area contributed by atoms with E-state index in [1.807, 2.05) is 25.2 Å². The van der Waals surface area contributed by atoms with Crippen molar-refractivity contribution in [1.82, 2.24) is 5.32 Å². The SMILES string of the molecule is CNCc1cccc(OC)c1OCCOCCCOC. The van der Waals surface area contributed by atoms with Crippen LogP contribution in [-0.2, 0) is 16.0 Å². The summed E-state index contributed by atoms with van der Waals surface area (Å²) in [5, 5.41) is 3.12. The summed E-state index contributed by atoms with van der Waals surface area (Å²) < 4.78 is 21.6. The van der Waals surface area contributed by atoms with Gasteiger partial charge in [0.1, 0.15) is 6.61 Å². The van der Waals surface area contributed by atoms with Crippen LogP contribution in [-0.4, -0.2) is 47.7 Å². The van der Waals surface area contributed by atoms with Crippen LogP contribution in [0.2, 0.25) is 0 Å². The highest BCUT2D eigenvalue weighted by molar-refractivity contribution is 5.46. The molecule has 0 aliphatic rings. The molecule has 0 saturated carbocycles. The molecule has 0 atom stereocenters. The monoisotopic (exact) mass is 283 g/mol. The fourth-order valence-corrected chi connectivity index (χ4v) is 1.83. The standard InChI is InChI=1S/C15H25NO4/c1-16-12-13-6-4-7-14(18-3)15(13)20-11-10-19-9-5-8-17-2/h4,6-7,16H,5,8-12H2,1-3H3. The molecule has 0 fully saturated rings. The molecule has 1 N–H and O–H groups in total. The number of para-hydroxylation sites is 1. The molecule has 5 nitrogen and oxygen atoms in total. The van der Waals surface area contributed by atoms with E-state index in [-0.39, 0.29) is 0 Å². The van der Waals surface area contributed by atoms with Gasteiger partial charge in [0.15, 0.2) is 11.5 Å². The topological polar surface area (TPSA) is 49.0 Å². The number of methoxy groups -OCH3 is 2. The summed E-state index contributed by atoms with van der Waals surface area (Å²) in [7, 11) is 5.24. The minimum atomic E-state index is 0.504. The van der Waals surface area contributed by atoms with Gasteiger partial charge in [-0.15, -0.1) is 0 Å². The maximum atomic E-state index is 5.80. The fraction of sp³-hybridized carbons (Fsp3) is 0.600. The summed E-state index contributed by atoms with van der Waals surface area (Å²) in [5.74, 6) is 1.53. The first-order valence-corrected chi connectivity index (χ1v) is 6.83. The Morgan fingerprint density at radius 1 is 1.05 bits per heavy atom. The molecule has 0 unspecified atom stereocenters. The summed E-state index contributed by atoms with van der Waals surface area (Å²) in [6.07, 6.45) is 0.899. The Kier molecular flexibility index (Phi) is 8.78. The Balaban J connectivity index is 2.41. The van der Waals surface area contributed by atoms with Gasteiger partial charge in [0.2, 0.25) is 0 Å². The molecule has 1 aromatic rings. The van der Waals surface area contributed by atoms with Crippen molar-refractivity contribution in [3.63, 3.8) is 0 Å². The van der Waals surface area contributed by atoms with Gasteiger partial charge in [-0.2, -0.15) is 0 Å². The first-order valence-electron chi connectivity index (χ1n) is 6.83. The van der Waals surface area contributed by atoms with E-state index in [9.17, 15) is 0 Å². The summed E-state index contributed by atoms with van der Waals surface area (Å²) in [6, 6.07) is 5.88. The van der Waals surface area contributed by atoms with Crippen LogP contribution in [0.4, 0.5) is 0 Å². The van der Waals surface area contributed by atoms with Gasteiger partial charge in [-0.05, 0) is 19.5 Å². The van der Waals surface area contributed by atoms with Crippen molar-refractivity contribution < 1.29 is 18.9 Å². The number of hydrogen-bond acceptors (Lipinski definition) is 5. The molecule has 0 aromatic heterocycles. The third kappa shape index (κ3) is 5.77. The first-order chi connectivity index (χ1) is 9.83. The first kappa shape index (κ1) is 16.8. The van der Waals surface area contributed by atoms with Crippen molar-refractivity contribution in [1.29, 1.82) is 0 Å². The van der Waals surface area contributed by atoms with Crippen molar-refractivity contribution >= 4 is 0 Å². The lowest BCUT2D eigenvalue weighted by Crippen LogP contribution is -2.12. The number of benzene rings is 1. The molecule has 114 valence electrons. The minimum absolute atomic E-state index is 0.504. The lowest BCUT2D eigenvalue weighted by Gasteiger charge is -2.15. The predicted octanol–water partition coefficient (Wildman–Crippen LogP) is 1.85. The highest BCUT2D eigenvalue weighted by Crippen LogP contribution is 2.30. The van der Waals surface area contributed by atoms with Crippen LogP contribution in [0.3, 0.4) is 0 Å². The van der Waals surface area contributed by atoms with Crippen LogP contribution >= 0.6 is 0 Å². The lowest BCUT2D eigenvalue weighted by atomic mass is 10.2. The van der Waals surface area contributed by atoms with Gasteiger partial charge in [0, 0.05) is 32.4 Å². The normalized spacial score (nSPS) is 10.6. The molecule has 0 amide bonds. The fourth-order valence-electron chi connectivity index (χ4n) is 1.83. The molecule has 0 aliphatic heterocycles.